The maximum Gasteiger partial charge on any atom is 0.410 e. The van der Waals surface area contributed by atoms with Gasteiger partial charge in [-0.2, -0.15) is 0 Å². The third-order valence-corrected chi connectivity index (χ3v) is 4.04. The second kappa shape index (κ2) is 4.29. The largest absolute Gasteiger partial charge is 0.444 e. The number of hydrogen-bond acceptors (Lipinski definition) is 3. The lowest BCUT2D eigenvalue weighted by Gasteiger charge is -2.47. The van der Waals surface area contributed by atoms with Crippen molar-refractivity contribution in [1.82, 2.24) is 4.90 Å². The molecule has 4 nitrogen and oxygen atoms in total. The van der Waals surface area contributed by atoms with Gasteiger partial charge in [-0.1, -0.05) is 11.6 Å². The molecule has 1 amide bonds. The molecule has 3 rings (SSSR count). The number of carbonyl (C=O) groups excluding carboxylic acids is 1. The van der Waals surface area contributed by atoms with E-state index in [2.05, 4.69) is 5.32 Å². The van der Waals surface area contributed by atoms with Crippen LogP contribution in [-0.2, 0) is 10.2 Å². The number of likely N-dealkylation sites (tertiary alicyclic amines) is 1. The molecule has 1 saturated heterocycles. The highest BCUT2D eigenvalue weighted by Gasteiger charge is 2.51. The molecule has 0 aliphatic carbocycles. The first-order valence-electron chi connectivity index (χ1n) is 6.81. The van der Waals surface area contributed by atoms with Crippen LogP contribution in [0.2, 0.25) is 5.02 Å². The van der Waals surface area contributed by atoms with Crippen LogP contribution in [0.4, 0.5) is 10.5 Å². The zero-order valence-electron chi connectivity index (χ0n) is 12.0. The molecule has 0 radical (unpaired) electrons. The van der Waals surface area contributed by atoms with E-state index in [0.717, 1.165) is 17.3 Å². The van der Waals surface area contributed by atoms with Crippen LogP contribution < -0.4 is 5.32 Å². The molecule has 1 N–H and O–H groups in total. The van der Waals surface area contributed by atoms with E-state index in [1.807, 2.05) is 39.0 Å². The summed E-state index contributed by atoms with van der Waals surface area (Å²) in [7, 11) is 0. The summed E-state index contributed by atoms with van der Waals surface area (Å²) in [5.74, 6) is 0. The lowest BCUT2D eigenvalue weighted by atomic mass is 9.75. The van der Waals surface area contributed by atoms with Crippen LogP contribution in [0.1, 0.15) is 26.3 Å². The van der Waals surface area contributed by atoms with E-state index in [4.69, 9.17) is 16.3 Å². The van der Waals surface area contributed by atoms with Crippen molar-refractivity contribution in [2.75, 3.05) is 25.0 Å². The maximum atomic E-state index is 12.0. The summed E-state index contributed by atoms with van der Waals surface area (Å²) in [6.07, 6.45) is -0.237. The molecule has 5 heteroatoms. The summed E-state index contributed by atoms with van der Waals surface area (Å²) in [6, 6.07) is 5.89. The Morgan fingerprint density at radius 1 is 1.40 bits per heavy atom. The second-order valence-electron chi connectivity index (χ2n) is 6.66. The van der Waals surface area contributed by atoms with Gasteiger partial charge in [-0.3, -0.25) is 0 Å². The minimum atomic E-state index is -0.449. The predicted molar refractivity (Wildman–Crippen MR) is 79.4 cm³/mol. The molecule has 0 bridgehead atoms. The normalized spacial score (nSPS) is 19.3. The monoisotopic (exact) mass is 294 g/mol. The number of nitrogens with zero attached hydrogens (tertiary/aromatic N) is 1. The van der Waals surface area contributed by atoms with Gasteiger partial charge in [0.15, 0.2) is 0 Å². The summed E-state index contributed by atoms with van der Waals surface area (Å²) in [5.41, 5.74) is 1.88. The highest BCUT2D eigenvalue weighted by atomic mass is 35.5. The smallest absolute Gasteiger partial charge is 0.410 e. The van der Waals surface area contributed by atoms with Gasteiger partial charge in [0.25, 0.3) is 0 Å². The fourth-order valence-electron chi connectivity index (χ4n) is 2.89. The summed E-state index contributed by atoms with van der Waals surface area (Å²) < 4.78 is 5.40. The van der Waals surface area contributed by atoms with Crippen LogP contribution in [0.25, 0.3) is 0 Å². The molecule has 0 atom stereocenters. The maximum absolute atomic E-state index is 12.0. The standard InChI is InChI=1S/C15H19ClN2O2/c1-14(2,3)20-13(19)18-8-15(9-18)7-17-12-5-4-10(16)6-11(12)15/h4-6,17H,7-9H2,1-3H3. The third kappa shape index (κ3) is 2.22. The molecule has 1 aromatic rings. The fourth-order valence-corrected chi connectivity index (χ4v) is 3.06. The van der Waals surface area contributed by atoms with Crippen molar-refractivity contribution in [2.45, 2.75) is 31.8 Å². The van der Waals surface area contributed by atoms with E-state index in [0.29, 0.717) is 13.1 Å². The Balaban J connectivity index is 1.72. The zero-order chi connectivity index (χ0) is 14.5. The highest BCUT2D eigenvalue weighted by molar-refractivity contribution is 6.30. The number of nitrogens with one attached hydrogen (secondary N) is 1. The van der Waals surface area contributed by atoms with E-state index >= 15 is 0 Å². The lowest BCUT2D eigenvalue weighted by Crippen LogP contribution is -2.62. The van der Waals surface area contributed by atoms with Gasteiger partial charge < -0.3 is 15.0 Å². The molecule has 108 valence electrons. The zero-order valence-corrected chi connectivity index (χ0v) is 12.8. The van der Waals surface area contributed by atoms with Gasteiger partial charge in [-0.15, -0.1) is 0 Å². The number of fused-ring (bicyclic) bond motifs is 2. The number of carbonyl (C=O) groups is 1. The van der Waals surface area contributed by atoms with Gasteiger partial charge in [0, 0.05) is 30.3 Å². The quantitative estimate of drug-likeness (QED) is 0.798. The first kappa shape index (κ1) is 13.6. The van der Waals surface area contributed by atoms with E-state index < -0.39 is 5.60 Å². The molecule has 2 aliphatic heterocycles. The number of rotatable bonds is 0. The second-order valence-corrected chi connectivity index (χ2v) is 7.10. The number of hydrogen-bond donors (Lipinski definition) is 1. The van der Waals surface area contributed by atoms with Crippen molar-refractivity contribution in [3.8, 4) is 0 Å². The Morgan fingerprint density at radius 2 is 2.10 bits per heavy atom. The molecule has 0 aromatic heterocycles. The van der Waals surface area contributed by atoms with Crippen molar-refractivity contribution in [3.63, 3.8) is 0 Å². The van der Waals surface area contributed by atoms with Crippen molar-refractivity contribution in [1.29, 1.82) is 0 Å². The van der Waals surface area contributed by atoms with Crippen molar-refractivity contribution < 1.29 is 9.53 Å². The van der Waals surface area contributed by atoms with Crippen molar-refractivity contribution >= 4 is 23.4 Å². The molecule has 0 unspecified atom stereocenters. The van der Waals surface area contributed by atoms with Crippen LogP contribution >= 0.6 is 11.6 Å². The number of halogens is 1. The number of amides is 1. The van der Waals surface area contributed by atoms with Crippen molar-refractivity contribution in [2.24, 2.45) is 0 Å². The summed E-state index contributed by atoms with van der Waals surface area (Å²) in [6.45, 7) is 7.86. The summed E-state index contributed by atoms with van der Waals surface area (Å²) in [4.78, 5) is 13.8. The molecule has 1 spiro atoms. The van der Waals surface area contributed by atoms with Crippen LogP contribution in [0.5, 0.6) is 0 Å². The number of anilines is 1. The molecule has 2 aliphatic rings. The molecular weight excluding hydrogens is 276 g/mol. The number of ether oxygens (including phenoxy) is 1. The molecule has 1 aromatic carbocycles. The Morgan fingerprint density at radius 3 is 2.75 bits per heavy atom. The molecule has 1 fully saturated rings. The fraction of sp³-hybridized carbons (Fsp3) is 0.533. The van der Waals surface area contributed by atoms with Gasteiger partial charge in [0.1, 0.15) is 5.60 Å². The Bertz CT molecular complexity index is 559. The van der Waals surface area contributed by atoms with Crippen LogP contribution in [0, 0.1) is 0 Å². The first-order valence-corrected chi connectivity index (χ1v) is 7.19. The highest BCUT2D eigenvalue weighted by Crippen LogP contribution is 2.44. The molecule has 20 heavy (non-hydrogen) atoms. The van der Waals surface area contributed by atoms with Crippen molar-refractivity contribution in [3.05, 3.63) is 28.8 Å². The Labute approximate surface area is 124 Å². The van der Waals surface area contributed by atoms with Gasteiger partial charge in [0.2, 0.25) is 0 Å². The van der Waals surface area contributed by atoms with Gasteiger partial charge >= 0.3 is 6.09 Å². The van der Waals surface area contributed by atoms with E-state index in [9.17, 15) is 4.79 Å². The van der Waals surface area contributed by atoms with E-state index in [-0.39, 0.29) is 11.5 Å². The summed E-state index contributed by atoms with van der Waals surface area (Å²) in [5, 5.41) is 4.13. The number of benzene rings is 1. The van der Waals surface area contributed by atoms with Crippen LogP contribution in [0.3, 0.4) is 0 Å². The SMILES string of the molecule is CC(C)(C)OC(=O)N1CC2(CNc3ccc(Cl)cc32)C1. The minimum absolute atomic E-state index is 0.00284. The minimum Gasteiger partial charge on any atom is -0.444 e. The molecule has 2 heterocycles. The lowest BCUT2D eigenvalue weighted by molar-refractivity contribution is -0.00627. The van der Waals surface area contributed by atoms with Gasteiger partial charge in [0.05, 0.1) is 5.41 Å². The first-order chi connectivity index (χ1) is 9.29. The molecule has 0 saturated carbocycles. The average molecular weight is 295 g/mol. The van der Waals surface area contributed by atoms with Gasteiger partial charge in [-0.25, -0.2) is 4.79 Å². The topological polar surface area (TPSA) is 41.6 Å². The predicted octanol–water partition coefficient (Wildman–Crippen LogP) is 3.25. The van der Waals surface area contributed by atoms with E-state index in [1.54, 1.807) is 4.90 Å². The molecular formula is C15H19ClN2O2. The van der Waals surface area contributed by atoms with Gasteiger partial charge in [-0.05, 0) is 44.5 Å². The van der Waals surface area contributed by atoms with Crippen LogP contribution in [0.15, 0.2) is 18.2 Å². The third-order valence-electron chi connectivity index (χ3n) is 3.81. The Kier molecular flexibility index (Phi) is 2.91. The Hall–Kier alpha value is -1.42. The van der Waals surface area contributed by atoms with Crippen LogP contribution in [-0.4, -0.2) is 36.2 Å². The summed E-state index contributed by atoms with van der Waals surface area (Å²) >= 11 is 6.08. The average Bonchev–Trinajstić information content (AvgIpc) is 2.63. The van der Waals surface area contributed by atoms with E-state index in [1.165, 1.54) is 5.56 Å².